The molecular weight excluding hydrogens is 439 g/mol. The van der Waals surface area contributed by atoms with E-state index in [9.17, 15) is 14.0 Å². The van der Waals surface area contributed by atoms with E-state index in [1.807, 2.05) is 17.9 Å². The largest absolute Gasteiger partial charge is 0.367 e. The molecule has 1 aliphatic heterocycles. The Morgan fingerprint density at radius 1 is 1.13 bits per heavy atom. The molecule has 2 aromatic carbocycles. The molecule has 1 heterocycles. The number of anilines is 2. The van der Waals surface area contributed by atoms with Crippen molar-refractivity contribution in [1.82, 2.24) is 10.2 Å². The summed E-state index contributed by atoms with van der Waals surface area (Å²) in [6, 6.07) is 11.1. The van der Waals surface area contributed by atoms with Crippen molar-refractivity contribution in [2.75, 3.05) is 36.4 Å². The third kappa shape index (κ3) is 5.92. The van der Waals surface area contributed by atoms with Crippen molar-refractivity contribution < 1.29 is 14.0 Å². The first kappa shape index (κ1) is 23.0. The van der Waals surface area contributed by atoms with Crippen molar-refractivity contribution >= 4 is 52.1 Å². The highest BCUT2D eigenvalue weighted by atomic mass is 35.5. The molecule has 164 valence electrons. The topological polar surface area (TPSA) is 64.7 Å². The molecule has 2 N–H and O–H groups in total. The first-order chi connectivity index (χ1) is 14.9. The molecule has 3 rings (SSSR count). The fraction of sp³-hybridized carbons (Fsp3) is 0.318. The Kier molecular flexibility index (Phi) is 7.81. The average Bonchev–Trinajstić information content (AvgIpc) is 2.74. The number of hydrogen-bond donors (Lipinski definition) is 2. The summed E-state index contributed by atoms with van der Waals surface area (Å²) >= 11 is 11.6. The number of nitrogens with zero attached hydrogens (tertiary/aromatic N) is 2. The van der Waals surface area contributed by atoms with Crippen molar-refractivity contribution in [3.05, 3.63) is 58.9 Å². The van der Waals surface area contributed by atoms with E-state index in [0.717, 1.165) is 12.1 Å². The number of halogens is 2. The Morgan fingerprint density at radius 2 is 1.84 bits per heavy atom. The Bertz CT molecular complexity index is 980. The number of rotatable bonds is 5. The second-order valence-electron chi connectivity index (χ2n) is 7.17. The molecule has 0 atom stereocenters. The SMILES string of the molecule is CCCC(=O)N1CCN(c2ccc(NC(=S)NC(=O)c3ccccc3F)cc2Cl)CC1. The van der Waals surface area contributed by atoms with Crippen molar-refractivity contribution in [3.8, 4) is 0 Å². The first-order valence-corrected chi connectivity index (χ1v) is 10.9. The number of hydrogen-bond acceptors (Lipinski definition) is 4. The van der Waals surface area contributed by atoms with Gasteiger partial charge in [-0.25, -0.2) is 4.39 Å². The number of benzene rings is 2. The highest BCUT2D eigenvalue weighted by Gasteiger charge is 2.22. The van der Waals surface area contributed by atoms with Crippen LogP contribution in [0.4, 0.5) is 15.8 Å². The average molecular weight is 463 g/mol. The first-order valence-electron chi connectivity index (χ1n) is 10.1. The third-order valence-electron chi connectivity index (χ3n) is 4.99. The van der Waals surface area contributed by atoms with E-state index in [0.29, 0.717) is 43.3 Å². The summed E-state index contributed by atoms with van der Waals surface area (Å²) in [5, 5.41) is 5.92. The van der Waals surface area contributed by atoms with E-state index in [1.54, 1.807) is 18.2 Å². The number of carbonyl (C=O) groups is 2. The molecule has 0 aliphatic carbocycles. The Hall–Kier alpha value is -2.71. The van der Waals surface area contributed by atoms with Crippen LogP contribution in [-0.2, 0) is 4.79 Å². The minimum Gasteiger partial charge on any atom is -0.367 e. The van der Waals surface area contributed by atoms with Gasteiger partial charge in [-0.1, -0.05) is 30.7 Å². The molecule has 0 aromatic heterocycles. The molecule has 0 saturated carbocycles. The van der Waals surface area contributed by atoms with E-state index in [1.165, 1.54) is 18.2 Å². The van der Waals surface area contributed by atoms with E-state index < -0.39 is 11.7 Å². The molecule has 1 aliphatic rings. The lowest BCUT2D eigenvalue weighted by Crippen LogP contribution is -2.48. The van der Waals surface area contributed by atoms with Crippen LogP contribution in [0.2, 0.25) is 5.02 Å². The second kappa shape index (κ2) is 10.5. The van der Waals surface area contributed by atoms with Crippen LogP contribution in [0.15, 0.2) is 42.5 Å². The van der Waals surface area contributed by atoms with Crippen LogP contribution in [-0.4, -0.2) is 48.0 Å². The third-order valence-corrected chi connectivity index (χ3v) is 5.49. The predicted octanol–water partition coefficient (Wildman–Crippen LogP) is 4.05. The van der Waals surface area contributed by atoms with E-state index in [4.69, 9.17) is 23.8 Å². The van der Waals surface area contributed by atoms with Crippen LogP contribution in [0, 0.1) is 5.82 Å². The van der Waals surface area contributed by atoms with Gasteiger partial charge >= 0.3 is 0 Å². The van der Waals surface area contributed by atoms with Crippen LogP contribution in [0.5, 0.6) is 0 Å². The van der Waals surface area contributed by atoms with Gasteiger partial charge in [-0.15, -0.1) is 0 Å². The lowest BCUT2D eigenvalue weighted by molar-refractivity contribution is -0.131. The van der Waals surface area contributed by atoms with Crippen LogP contribution in [0.3, 0.4) is 0 Å². The van der Waals surface area contributed by atoms with E-state index >= 15 is 0 Å². The Morgan fingerprint density at radius 3 is 2.48 bits per heavy atom. The minimum atomic E-state index is -0.631. The maximum Gasteiger partial charge on any atom is 0.260 e. The van der Waals surface area contributed by atoms with Gasteiger partial charge in [0.2, 0.25) is 5.91 Å². The zero-order valence-corrected chi connectivity index (χ0v) is 18.7. The molecule has 0 unspecified atom stereocenters. The van der Waals surface area contributed by atoms with Gasteiger partial charge in [0.1, 0.15) is 5.82 Å². The van der Waals surface area contributed by atoms with Crippen molar-refractivity contribution in [3.63, 3.8) is 0 Å². The quantitative estimate of drug-likeness (QED) is 0.656. The highest BCUT2D eigenvalue weighted by Crippen LogP contribution is 2.29. The van der Waals surface area contributed by atoms with Gasteiger partial charge in [-0.3, -0.25) is 14.9 Å². The second-order valence-corrected chi connectivity index (χ2v) is 7.99. The van der Waals surface area contributed by atoms with Crippen LogP contribution < -0.4 is 15.5 Å². The normalized spacial score (nSPS) is 13.6. The molecule has 0 bridgehead atoms. The molecule has 0 spiro atoms. The standard InChI is InChI=1S/C22H24ClFN4O2S/c1-2-5-20(29)28-12-10-27(11-13-28)19-9-8-15(14-17(19)23)25-22(31)26-21(30)16-6-3-4-7-18(16)24/h3-4,6-9,14H,2,5,10-13H2,1H3,(H2,25,26,30,31). The molecule has 2 aromatic rings. The molecule has 2 amide bonds. The van der Waals surface area contributed by atoms with Crippen LogP contribution >= 0.6 is 23.8 Å². The molecular formula is C22H24ClFN4O2S. The summed E-state index contributed by atoms with van der Waals surface area (Å²) in [5.41, 5.74) is 1.39. The fourth-order valence-electron chi connectivity index (χ4n) is 3.39. The van der Waals surface area contributed by atoms with Crippen LogP contribution in [0.25, 0.3) is 0 Å². The summed E-state index contributed by atoms with van der Waals surface area (Å²) in [4.78, 5) is 28.2. The predicted molar refractivity (Wildman–Crippen MR) is 125 cm³/mol. The Balaban J connectivity index is 1.57. The number of carbonyl (C=O) groups excluding carboxylic acids is 2. The van der Waals surface area contributed by atoms with Gasteiger partial charge in [0.15, 0.2) is 5.11 Å². The van der Waals surface area contributed by atoms with Crippen molar-refractivity contribution in [1.29, 1.82) is 0 Å². The van der Waals surface area contributed by atoms with Crippen molar-refractivity contribution in [2.45, 2.75) is 19.8 Å². The van der Waals surface area contributed by atoms with Gasteiger partial charge in [0.05, 0.1) is 16.3 Å². The molecule has 1 fully saturated rings. The number of nitrogens with one attached hydrogen (secondary N) is 2. The zero-order valence-electron chi connectivity index (χ0n) is 17.2. The molecule has 1 saturated heterocycles. The van der Waals surface area contributed by atoms with Gasteiger partial charge in [-0.2, -0.15) is 0 Å². The smallest absolute Gasteiger partial charge is 0.260 e. The van der Waals surface area contributed by atoms with Gasteiger partial charge in [0.25, 0.3) is 5.91 Å². The zero-order chi connectivity index (χ0) is 22.4. The lowest BCUT2D eigenvalue weighted by atomic mass is 10.2. The summed E-state index contributed by atoms with van der Waals surface area (Å²) in [6.45, 7) is 4.75. The molecule has 0 radical (unpaired) electrons. The fourth-order valence-corrected chi connectivity index (χ4v) is 3.90. The van der Waals surface area contributed by atoms with E-state index in [-0.39, 0.29) is 16.6 Å². The summed E-state index contributed by atoms with van der Waals surface area (Å²) < 4.78 is 13.7. The van der Waals surface area contributed by atoms with Gasteiger partial charge < -0.3 is 15.1 Å². The molecule has 9 heteroatoms. The maximum atomic E-state index is 13.7. The molecule has 6 nitrogen and oxygen atoms in total. The van der Waals surface area contributed by atoms with Gasteiger partial charge in [-0.05, 0) is 49.0 Å². The maximum absolute atomic E-state index is 13.7. The monoisotopic (exact) mass is 462 g/mol. The number of amides is 2. The summed E-state index contributed by atoms with van der Waals surface area (Å²) in [7, 11) is 0. The summed E-state index contributed by atoms with van der Waals surface area (Å²) in [5.74, 6) is -1.06. The minimum absolute atomic E-state index is 0.0418. The van der Waals surface area contributed by atoms with Crippen LogP contribution in [0.1, 0.15) is 30.1 Å². The molecule has 31 heavy (non-hydrogen) atoms. The van der Waals surface area contributed by atoms with E-state index in [2.05, 4.69) is 15.5 Å². The summed E-state index contributed by atoms with van der Waals surface area (Å²) in [6.07, 6.45) is 1.43. The lowest BCUT2D eigenvalue weighted by Gasteiger charge is -2.36. The Labute approximate surface area is 191 Å². The number of thiocarbonyl (C=S) groups is 1. The van der Waals surface area contributed by atoms with Crippen molar-refractivity contribution in [2.24, 2.45) is 0 Å². The highest BCUT2D eigenvalue weighted by molar-refractivity contribution is 7.80. The number of piperazine rings is 1. The van der Waals surface area contributed by atoms with Gasteiger partial charge in [0, 0.05) is 38.3 Å².